The van der Waals surface area contributed by atoms with Crippen molar-refractivity contribution in [2.24, 2.45) is 0 Å². The second-order valence-electron chi connectivity index (χ2n) is 8.31. The fraction of sp³-hybridized carbons (Fsp3) is 0.960. The number of hydrogen-bond acceptors (Lipinski definition) is 3. The SMILES string of the molecule is CCCCCCCCCCCCOC(=S)SCCCCCCCCCCCC. The summed E-state index contributed by atoms with van der Waals surface area (Å²) in [6.07, 6.45) is 27.6. The number of ether oxygens (including phenoxy) is 1. The van der Waals surface area contributed by atoms with Gasteiger partial charge in [-0.05, 0) is 25.1 Å². The van der Waals surface area contributed by atoms with Crippen LogP contribution in [0.25, 0.3) is 0 Å². The Bertz CT molecular complexity index is 279. The molecule has 0 fully saturated rings. The highest BCUT2D eigenvalue weighted by molar-refractivity contribution is 8.22. The molecular formula is C25H50OS2. The van der Waals surface area contributed by atoms with Gasteiger partial charge in [0, 0.05) is 5.75 Å². The van der Waals surface area contributed by atoms with Crippen LogP contribution in [-0.2, 0) is 4.74 Å². The van der Waals surface area contributed by atoms with Gasteiger partial charge in [-0.15, -0.1) is 0 Å². The molecule has 0 bridgehead atoms. The predicted molar refractivity (Wildman–Crippen MR) is 135 cm³/mol. The molecule has 0 saturated heterocycles. The van der Waals surface area contributed by atoms with Gasteiger partial charge in [0.05, 0.1) is 6.61 Å². The highest BCUT2D eigenvalue weighted by Crippen LogP contribution is 2.15. The quantitative estimate of drug-likeness (QED) is 0.125. The lowest BCUT2D eigenvalue weighted by Gasteiger charge is -2.07. The first kappa shape index (κ1) is 28.2. The van der Waals surface area contributed by atoms with E-state index >= 15 is 0 Å². The maximum Gasteiger partial charge on any atom is 0.219 e. The third-order valence-electron chi connectivity index (χ3n) is 5.44. The first-order valence-corrected chi connectivity index (χ1v) is 14.0. The molecule has 168 valence electrons. The maximum atomic E-state index is 5.70. The largest absolute Gasteiger partial charge is 0.479 e. The zero-order valence-electron chi connectivity index (χ0n) is 19.3. The van der Waals surface area contributed by atoms with Gasteiger partial charge in [-0.3, -0.25) is 0 Å². The number of thiocarbonyl (C=S) groups is 1. The Balaban J connectivity index is 3.13. The summed E-state index contributed by atoms with van der Waals surface area (Å²) in [5.74, 6) is 1.13. The van der Waals surface area contributed by atoms with Crippen molar-refractivity contribution >= 4 is 28.4 Å². The number of hydrogen-bond donors (Lipinski definition) is 0. The summed E-state index contributed by atoms with van der Waals surface area (Å²) in [5.41, 5.74) is 0. The molecule has 3 heteroatoms. The molecular weight excluding hydrogens is 380 g/mol. The zero-order chi connectivity index (χ0) is 20.5. The first-order valence-electron chi connectivity index (χ1n) is 12.6. The van der Waals surface area contributed by atoms with Gasteiger partial charge in [0.25, 0.3) is 0 Å². The van der Waals surface area contributed by atoms with E-state index in [0.29, 0.717) is 0 Å². The summed E-state index contributed by atoms with van der Waals surface area (Å²) < 4.78 is 6.47. The Labute approximate surface area is 187 Å². The van der Waals surface area contributed by atoms with Crippen LogP contribution in [0.5, 0.6) is 0 Å². The second-order valence-corrected chi connectivity index (χ2v) is 10.0. The van der Waals surface area contributed by atoms with Gasteiger partial charge in [0.2, 0.25) is 4.38 Å². The molecule has 0 aromatic rings. The molecule has 28 heavy (non-hydrogen) atoms. The molecule has 0 aromatic carbocycles. The summed E-state index contributed by atoms with van der Waals surface area (Å²) in [7, 11) is 0. The summed E-state index contributed by atoms with van der Waals surface area (Å²) in [5, 5.41) is 0. The van der Waals surface area contributed by atoms with Crippen molar-refractivity contribution in [3.8, 4) is 0 Å². The molecule has 1 nitrogen and oxygen atoms in total. The smallest absolute Gasteiger partial charge is 0.219 e. The van der Waals surface area contributed by atoms with Crippen LogP contribution in [0.1, 0.15) is 142 Å². The Morgan fingerprint density at radius 2 is 0.893 bits per heavy atom. The normalized spacial score (nSPS) is 11.1. The summed E-state index contributed by atoms with van der Waals surface area (Å²) in [4.78, 5) is 0. The van der Waals surface area contributed by atoms with Gasteiger partial charge in [-0.25, -0.2) is 0 Å². The van der Waals surface area contributed by atoms with Crippen LogP contribution in [0.15, 0.2) is 0 Å². The van der Waals surface area contributed by atoms with Crippen LogP contribution in [0, 0.1) is 0 Å². The minimum atomic E-state index is 0.770. The van der Waals surface area contributed by atoms with Crippen molar-refractivity contribution in [2.75, 3.05) is 12.4 Å². The molecule has 0 amide bonds. The van der Waals surface area contributed by atoms with Crippen LogP contribution in [0.4, 0.5) is 0 Å². The van der Waals surface area contributed by atoms with E-state index in [9.17, 15) is 0 Å². The van der Waals surface area contributed by atoms with E-state index in [2.05, 4.69) is 13.8 Å². The Kier molecular flexibility index (Phi) is 25.5. The van der Waals surface area contributed by atoms with Crippen molar-refractivity contribution in [1.82, 2.24) is 0 Å². The third-order valence-corrected chi connectivity index (χ3v) is 6.75. The Morgan fingerprint density at radius 1 is 0.536 bits per heavy atom. The molecule has 0 saturated carbocycles. The van der Waals surface area contributed by atoms with E-state index in [1.54, 1.807) is 11.8 Å². The molecule has 0 aliphatic rings. The average Bonchev–Trinajstić information content (AvgIpc) is 2.70. The van der Waals surface area contributed by atoms with Gasteiger partial charge in [0.15, 0.2) is 0 Å². The zero-order valence-corrected chi connectivity index (χ0v) is 20.9. The van der Waals surface area contributed by atoms with E-state index in [1.807, 2.05) is 0 Å². The summed E-state index contributed by atoms with van der Waals surface area (Å²) in [6, 6.07) is 0. The lowest BCUT2D eigenvalue weighted by Crippen LogP contribution is -2.00. The van der Waals surface area contributed by atoms with E-state index < -0.39 is 0 Å². The van der Waals surface area contributed by atoms with Gasteiger partial charge in [-0.2, -0.15) is 0 Å². The van der Waals surface area contributed by atoms with Crippen molar-refractivity contribution in [3.05, 3.63) is 0 Å². The topological polar surface area (TPSA) is 9.23 Å². The minimum absolute atomic E-state index is 0.770. The van der Waals surface area contributed by atoms with Gasteiger partial charge >= 0.3 is 0 Å². The molecule has 0 spiro atoms. The third kappa shape index (κ3) is 24.3. The lowest BCUT2D eigenvalue weighted by molar-refractivity contribution is 0.307. The molecule has 0 radical (unpaired) electrons. The van der Waals surface area contributed by atoms with Crippen molar-refractivity contribution in [2.45, 2.75) is 142 Å². The molecule has 0 heterocycles. The molecule has 0 aromatic heterocycles. The highest BCUT2D eigenvalue weighted by Gasteiger charge is 2.00. The van der Waals surface area contributed by atoms with Crippen LogP contribution in [-0.4, -0.2) is 16.7 Å². The predicted octanol–water partition coefficient (Wildman–Crippen LogP) is 9.86. The molecule has 0 unspecified atom stereocenters. The van der Waals surface area contributed by atoms with E-state index in [0.717, 1.165) is 23.2 Å². The fourth-order valence-corrected chi connectivity index (χ4v) is 4.55. The van der Waals surface area contributed by atoms with Crippen LogP contribution in [0.2, 0.25) is 0 Å². The monoisotopic (exact) mass is 430 g/mol. The molecule has 0 aliphatic heterocycles. The Hall–Kier alpha value is 0.240. The standard InChI is InChI=1S/C25H50OS2/c1-3-5-7-9-11-13-15-17-19-21-23-26-25(27)28-24-22-20-18-16-14-12-10-8-6-4-2/h3-24H2,1-2H3. The van der Waals surface area contributed by atoms with Gasteiger partial charge in [-0.1, -0.05) is 141 Å². The minimum Gasteiger partial charge on any atom is -0.479 e. The lowest BCUT2D eigenvalue weighted by atomic mass is 10.1. The first-order chi connectivity index (χ1) is 13.8. The maximum absolute atomic E-state index is 5.70. The highest BCUT2D eigenvalue weighted by atomic mass is 32.2. The summed E-state index contributed by atoms with van der Waals surface area (Å²) >= 11 is 7.08. The van der Waals surface area contributed by atoms with Gasteiger partial charge < -0.3 is 4.74 Å². The molecule has 0 atom stereocenters. The van der Waals surface area contributed by atoms with Crippen molar-refractivity contribution < 1.29 is 4.74 Å². The summed E-state index contributed by atoms with van der Waals surface area (Å²) in [6.45, 7) is 5.39. The van der Waals surface area contributed by atoms with Crippen molar-refractivity contribution in [3.63, 3.8) is 0 Å². The van der Waals surface area contributed by atoms with Crippen LogP contribution in [0.3, 0.4) is 0 Å². The van der Waals surface area contributed by atoms with Crippen molar-refractivity contribution in [1.29, 1.82) is 0 Å². The number of unbranched alkanes of at least 4 members (excludes halogenated alkanes) is 18. The van der Waals surface area contributed by atoms with E-state index in [-0.39, 0.29) is 0 Å². The van der Waals surface area contributed by atoms with Crippen LogP contribution >= 0.6 is 24.0 Å². The van der Waals surface area contributed by atoms with E-state index in [1.165, 1.54) is 122 Å². The second kappa shape index (κ2) is 25.3. The Morgan fingerprint density at radius 3 is 1.32 bits per heavy atom. The van der Waals surface area contributed by atoms with Gasteiger partial charge in [0.1, 0.15) is 0 Å². The average molecular weight is 431 g/mol. The molecule has 0 rings (SSSR count). The fourth-order valence-electron chi connectivity index (χ4n) is 3.53. The number of thioether (sulfide) groups is 1. The van der Waals surface area contributed by atoms with E-state index in [4.69, 9.17) is 17.0 Å². The molecule has 0 N–H and O–H groups in total. The molecule has 0 aliphatic carbocycles. The van der Waals surface area contributed by atoms with Crippen LogP contribution < -0.4 is 0 Å². The number of rotatable bonds is 22.